The summed E-state index contributed by atoms with van der Waals surface area (Å²) in [5.41, 5.74) is 2.89. The zero-order valence-corrected chi connectivity index (χ0v) is 18.0. The highest BCUT2D eigenvalue weighted by molar-refractivity contribution is 7.92. The maximum absolute atomic E-state index is 11.6. The van der Waals surface area contributed by atoms with Crippen molar-refractivity contribution < 1.29 is 8.42 Å². The number of para-hydroxylation sites is 1. The smallest absolute Gasteiger partial charge is 0.229 e. The number of guanidine groups is 1. The number of rotatable bonds is 6. The first-order valence-corrected chi connectivity index (χ1v) is 11.9. The lowest BCUT2D eigenvalue weighted by atomic mass is 9.90. The van der Waals surface area contributed by atoms with Crippen molar-refractivity contribution >= 4 is 21.7 Å². The summed E-state index contributed by atoms with van der Waals surface area (Å²) in [6, 6.07) is 18.1. The van der Waals surface area contributed by atoms with Crippen LogP contribution in [-0.2, 0) is 23.0 Å². The second kappa shape index (κ2) is 9.78. The van der Waals surface area contributed by atoms with Gasteiger partial charge in [-0.2, -0.15) is 0 Å². The lowest BCUT2D eigenvalue weighted by molar-refractivity contribution is 0.259. The van der Waals surface area contributed by atoms with Gasteiger partial charge in [-0.15, -0.1) is 0 Å². The summed E-state index contributed by atoms with van der Waals surface area (Å²) in [6.07, 6.45) is 4.57. The minimum absolute atomic E-state index is 0.509. The molecule has 0 spiro atoms. The van der Waals surface area contributed by atoms with Gasteiger partial charge in [0.25, 0.3) is 0 Å². The highest BCUT2D eigenvalue weighted by Gasteiger charge is 2.21. The van der Waals surface area contributed by atoms with Crippen LogP contribution in [0, 0.1) is 5.92 Å². The van der Waals surface area contributed by atoms with Gasteiger partial charge in [0.1, 0.15) is 0 Å². The van der Waals surface area contributed by atoms with Crippen molar-refractivity contribution in [2.75, 3.05) is 31.1 Å². The Morgan fingerprint density at radius 3 is 2.38 bits per heavy atom. The second-order valence-corrected chi connectivity index (χ2v) is 9.30. The topological polar surface area (TPSA) is 73.8 Å². The summed E-state index contributed by atoms with van der Waals surface area (Å²) in [4.78, 5) is 6.72. The predicted octanol–water partition coefficient (Wildman–Crippen LogP) is 3.09. The average molecular weight is 415 g/mol. The lowest BCUT2D eigenvalue weighted by Crippen LogP contribution is -2.45. The van der Waals surface area contributed by atoms with Gasteiger partial charge in [-0.05, 0) is 42.4 Å². The average Bonchev–Trinajstić information content (AvgIpc) is 2.70. The van der Waals surface area contributed by atoms with Crippen LogP contribution < -0.4 is 10.0 Å². The van der Waals surface area contributed by atoms with Crippen LogP contribution in [0.2, 0.25) is 0 Å². The number of hydrogen-bond donors (Lipinski definition) is 2. The fourth-order valence-electron chi connectivity index (χ4n) is 3.78. The van der Waals surface area contributed by atoms with Crippen molar-refractivity contribution in [3.63, 3.8) is 0 Å². The molecule has 1 saturated heterocycles. The Labute approximate surface area is 174 Å². The Morgan fingerprint density at radius 1 is 1.07 bits per heavy atom. The van der Waals surface area contributed by atoms with E-state index in [9.17, 15) is 8.42 Å². The van der Waals surface area contributed by atoms with E-state index in [2.05, 4.69) is 50.3 Å². The third-order valence-corrected chi connectivity index (χ3v) is 5.83. The molecule has 2 N–H and O–H groups in total. The van der Waals surface area contributed by atoms with Crippen molar-refractivity contribution in [3.05, 3.63) is 65.7 Å². The van der Waals surface area contributed by atoms with Crippen molar-refractivity contribution in [2.24, 2.45) is 10.9 Å². The summed E-state index contributed by atoms with van der Waals surface area (Å²) < 4.78 is 25.8. The molecule has 29 heavy (non-hydrogen) atoms. The fourth-order valence-corrected chi connectivity index (χ4v) is 4.38. The first-order valence-electron chi connectivity index (χ1n) is 10.00. The minimum atomic E-state index is -3.31. The molecule has 0 aromatic heterocycles. The second-order valence-electron chi connectivity index (χ2n) is 7.55. The van der Waals surface area contributed by atoms with Crippen LogP contribution in [0.3, 0.4) is 0 Å². The zero-order valence-electron chi connectivity index (χ0n) is 17.1. The third-order valence-electron chi connectivity index (χ3n) is 5.24. The molecule has 0 saturated carbocycles. The van der Waals surface area contributed by atoms with Crippen molar-refractivity contribution in [3.8, 4) is 0 Å². The Bertz CT molecular complexity index is 921. The number of nitrogens with zero attached hydrogens (tertiary/aromatic N) is 2. The van der Waals surface area contributed by atoms with Crippen molar-refractivity contribution in [1.29, 1.82) is 0 Å². The quantitative estimate of drug-likeness (QED) is 0.563. The monoisotopic (exact) mass is 414 g/mol. The summed E-state index contributed by atoms with van der Waals surface area (Å²) in [7, 11) is -1.52. The molecular weight excluding hydrogens is 384 g/mol. The summed E-state index contributed by atoms with van der Waals surface area (Å²) in [5.74, 6) is 1.56. The highest BCUT2D eigenvalue weighted by atomic mass is 32.2. The van der Waals surface area contributed by atoms with Gasteiger partial charge in [0.2, 0.25) is 10.0 Å². The number of likely N-dealkylation sites (tertiary alicyclic amines) is 1. The van der Waals surface area contributed by atoms with Crippen LogP contribution in [0.15, 0.2) is 59.6 Å². The minimum Gasteiger partial charge on any atom is -0.352 e. The molecule has 2 aromatic carbocycles. The maximum Gasteiger partial charge on any atom is 0.229 e. The SMILES string of the molecule is CN=C(NCc1ccccc1NS(C)(=O)=O)N1CCC(Cc2ccccc2)CC1. The summed E-state index contributed by atoms with van der Waals surface area (Å²) in [5, 5.41) is 3.39. The number of hydrogen-bond acceptors (Lipinski definition) is 3. The normalized spacial score (nSPS) is 15.9. The molecule has 7 heteroatoms. The summed E-state index contributed by atoms with van der Waals surface area (Å²) >= 11 is 0. The first-order chi connectivity index (χ1) is 13.9. The largest absolute Gasteiger partial charge is 0.352 e. The molecule has 6 nitrogen and oxygen atoms in total. The Balaban J connectivity index is 1.54. The molecule has 0 bridgehead atoms. The molecule has 0 amide bonds. The Hall–Kier alpha value is -2.54. The molecule has 156 valence electrons. The first kappa shape index (κ1) is 21.2. The van der Waals surface area contributed by atoms with Gasteiger partial charge >= 0.3 is 0 Å². The van der Waals surface area contributed by atoms with Crippen LogP contribution in [-0.4, -0.2) is 45.7 Å². The molecule has 1 aliphatic rings. The van der Waals surface area contributed by atoms with E-state index >= 15 is 0 Å². The van der Waals surface area contributed by atoms with Crippen molar-refractivity contribution in [1.82, 2.24) is 10.2 Å². The molecule has 1 heterocycles. The number of anilines is 1. The van der Waals surface area contributed by atoms with E-state index in [1.54, 1.807) is 13.1 Å². The number of nitrogens with one attached hydrogen (secondary N) is 2. The van der Waals surface area contributed by atoms with Crippen LogP contribution in [0.5, 0.6) is 0 Å². The van der Waals surface area contributed by atoms with E-state index in [-0.39, 0.29) is 0 Å². The van der Waals surface area contributed by atoms with Gasteiger partial charge in [-0.3, -0.25) is 9.71 Å². The van der Waals surface area contributed by atoms with E-state index < -0.39 is 10.0 Å². The van der Waals surface area contributed by atoms with Gasteiger partial charge in [0, 0.05) is 26.7 Å². The van der Waals surface area contributed by atoms with Gasteiger partial charge in [-0.1, -0.05) is 48.5 Å². The van der Waals surface area contributed by atoms with E-state index in [1.165, 1.54) is 5.56 Å². The number of sulfonamides is 1. The predicted molar refractivity (Wildman–Crippen MR) is 120 cm³/mol. The Kier molecular flexibility index (Phi) is 7.14. The molecule has 2 aromatic rings. The highest BCUT2D eigenvalue weighted by Crippen LogP contribution is 2.22. The number of benzene rings is 2. The van der Waals surface area contributed by atoms with Crippen LogP contribution in [0.4, 0.5) is 5.69 Å². The van der Waals surface area contributed by atoms with E-state index in [4.69, 9.17) is 0 Å². The van der Waals surface area contributed by atoms with Crippen LogP contribution >= 0.6 is 0 Å². The van der Waals surface area contributed by atoms with Crippen LogP contribution in [0.1, 0.15) is 24.0 Å². The van der Waals surface area contributed by atoms with Crippen LogP contribution in [0.25, 0.3) is 0 Å². The van der Waals surface area contributed by atoms with Gasteiger partial charge < -0.3 is 10.2 Å². The lowest BCUT2D eigenvalue weighted by Gasteiger charge is -2.34. The van der Waals surface area contributed by atoms with E-state index in [0.717, 1.165) is 50.1 Å². The molecule has 1 aliphatic heterocycles. The number of piperidine rings is 1. The summed E-state index contributed by atoms with van der Waals surface area (Å²) in [6.45, 7) is 2.45. The van der Waals surface area contributed by atoms with Gasteiger partial charge in [0.15, 0.2) is 5.96 Å². The van der Waals surface area contributed by atoms with E-state index in [1.807, 2.05) is 18.2 Å². The maximum atomic E-state index is 11.6. The van der Waals surface area contributed by atoms with Gasteiger partial charge in [-0.25, -0.2) is 8.42 Å². The molecule has 0 radical (unpaired) electrons. The van der Waals surface area contributed by atoms with Gasteiger partial charge in [0.05, 0.1) is 11.9 Å². The zero-order chi connectivity index (χ0) is 20.7. The molecular formula is C22H30N4O2S. The molecule has 0 aliphatic carbocycles. The third kappa shape index (κ3) is 6.49. The fraction of sp³-hybridized carbons (Fsp3) is 0.409. The van der Waals surface area contributed by atoms with E-state index in [0.29, 0.717) is 18.2 Å². The molecule has 0 unspecified atom stereocenters. The number of aliphatic imine (C=N–C) groups is 1. The molecule has 0 atom stereocenters. The molecule has 1 fully saturated rings. The Morgan fingerprint density at radius 2 is 1.72 bits per heavy atom. The molecule has 3 rings (SSSR count). The van der Waals surface area contributed by atoms with Crippen molar-refractivity contribution in [2.45, 2.75) is 25.8 Å². The standard InChI is InChI=1S/C22H30N4O2S/c1-23-22(24-17-20-10-6-7-11-21(20)25-29(2,27)28)26-14-12-19(13-15-26)16-18-8-4-3-5-9-18/h3-11,19,25H,12-17H2,1-2H3,(H,23,24).